The van der Waals surface area contributed by atoms with Crippen molar-refractivity contribution in [2.45, 2.75) is 36.8 Å². The monoisotopic (exact) mass is 475 g/mol. The highest BCUT2D eigenvalue weighted by atomic mass is 19.4. The SMILES string of the molecule is COc1c([C@H]2[C@H](C(=O)Nc3ccnc(C(N)=O)c3)O[C@@](C)(C(F)(F)F)[C@H]2O)ccc(F)c1F. The van der Waals surface area contributed by atoms with Crippen LogP contribution in [0.4, 0.5) is 27.6 Å². The maximum atomic E-state index is 14.3. The lowest BCUT2D eigenvalue weighted by Crippen LogP contribution is -2.51. The van der Waals surface area contributed by atoms with Crippen LogP contribution in [0.15, 0.2) is 30.5 Å². The Labute approximate surface area is 183 Å². The maximum Gasteiger partial charge on any atom is 0.419 e. The van der Waals surface area contributed by atoms with Gasteiger partial charge in [0.05, 0.1) is 13.0 Å². The third-order valence-corrected chi connectivity index (χ3v) is 5.35. The van der Waals surface area contributed by atoms with Crippen molar-refractivity contribution in [3.63, 3.8) is 0 Å². The molecule has 8 nitrogen and oxygen atoms in total. The fourth-order valence-electron chi connectivity index (χ4n) is 3.57. The lowest BCUT2D eigenvalue weighted by molar-refractivity contribution is -0.281. The number of methoxy groups -OCH3 is 1. The standard InChI is InChI=1S/C20H18F5N3O5/c1-19(20(23,24)25)16(29)12(9-3-4-10(21)13(22)14(9)32-2)15(33-19)18(31)28-8-5-6-27-11(7-8)17(26)30/h3-7,12,15-16,29H,1-2H3,(H2,26,30)(H,27,28,31)/t12-,15+,16-,19+/m0/s1. The minimum Gasteiger partial charge on any atom is -0.493 e. The first kappa shape index (κ1) is 24.3. The van der Waals surface area contributed by atoms with Crippen molar-refractivity contribution < 1.29 is 46.1 Å². The molecule has 0 saturated carbocycles. The van der Waals surface area contributed by atoms with Gasteiger partial charge in [0.15, 0.2) is 17.2 Å². The molecule has 1 aromatic heterocycles. The number of halogens is 5. The Morgan fingerprint density at radius 3 is 2.52 bits per heavy atom. The van der Waals surface area contributed by atoms with Gasteiger partial charge in [0.25, 0.3) is 11.8 Å². The Morgan fingerprint density at radius 1 is 1.27 bits per heavy atom. The molecule has 2 amide bonds. The number of aliphatic hydroxyl groups is 1. The largest absolute Gasteiger partial charge is 0.493 e. The summed E-state index contributed by atoms with van der Waals surface area (Å²) in [7, 11) is 0.948. The van der Waals surface area contributed by atoms with E-state index in [0.29, 0.717) is 13.0 Å². The van der Waals surface area contributed by atoms with E-state index in [9.17, 15) is 36.6 Å². The zero-order valence-corrected chi connectivity index (χ0v) is 17.1. The molecule has 1 aromatic carbocycles. The second kappa shape index (κ2) is 8.56. The molecular formula is C20H18F5N3O5. The Hall–Kier alpha value is -3.32. The van der Waals surface area contributed by atoms with Gasteiger partial charge in [-0.1, -0.05) is 6.07 Å². The van der Waals surface area contributed by atoms with Crippen LogP contribution in [-0.4, -0.2) is 53.0 Å². The second-order valence-electron chi connectivity index (χ2n) is 7.38. The van der Waals surface area contributed by atoms with Gasteiger partial charge in [0.2, 0.25) is 5.82 Å². The number of carbonyl (C=O) groups is 2. The fraction of sp³-hybridized carbons (Fsp3) is 0.350. The number of pyridine rings is 1. The molecule has 178 valence electrons. The predicted octanol–water partition coefficient (Wildman–Crippen LogP) is 2.27. The zero-order chi connectivity index (χ0) is 24.7. The number of hydrogen-bond acceptors (Lipinski definition) is 6. The molecule has 1 saturated heterocycles. The number of ether oxygens (including phenoxy) is 2. The van der Waals surface area contributed by atoms with E-state index in [4.69, 9.17) is 15.2 Å². The number of nitrogens with zero attached hydrogens (tertiary/aromatic N) is 1. The number of alkyl halides is 3. The number of carbonyl (C=O) groups excluding carboxylic acids is 2. The van der Waals surface area contributed by atoms with Crippen LogP contribution < -0.4 is 15.8 Å². The molecule has 0 unspecified atom stereocenters. The van der Waals surface area contributed by atoms with Gasteiger partial charge >= 0.3 is 6.18 Å². The number of rotatable bonds is 5. The van der Waals surface area contributed by atoms with Crippen LogP contribution in [0.2, 0.25) is 0 Å². The van der Waals surface area contributed by atoms with Gasteiger partial charge in [-0.3, -0.25) is 14.6 Å². The smallest absolute Gasteiger partial charge is 0.419 e. The summed E-state index contributed by atoms with van der Waals surface area (Å²) in [6.45, 7) is 0.530. The van der Waals surface area contributed by atoms with E-state index in [0.717, 1.165) is 25.4 Å². The maximum absolute atomic E-state index is 14.3. The van der Waals surface area contributed by atoms with E-state index in [2.05, 4.69) is 10.3 Å². The normalized spacial score (nSPS) is 25.0. The topological polar surface area (TPSA) is 124 Å². The molecule has 1 aliphatic rings. The average Bonchev–Trinajstić information content (AvgIpc) is 3.02. The van der Waals surface area contributed by atoms with Crippen molar-refractivity contribution in [3.8, 4) is 5.75 Å². The number of nitrogens with one attached hydrogen (secondary N) is 1. The van der Waals surface area contributed by atoms with Gasteiger partial charge in [-0.25, -0.2) is 4.39 Å². The summed E-state index contributed by atoms with van der Waals surface area (Å²) in [6, 6.07) is 3.82. The van der Waals surface area contributed by atoms with Crippen molar-refractivity contribution in [1.82, 2.24) is 4.98 Å². The molecule has 33 heavy (non-hydrogen) atoms. The van der Waals surface area contributed by atoms with Crippen LogP contribution >= 0.6 is 0 Å². The molecule has 2 aromatic rings. The van der Waals surface area contributed by atoms with Crippen molar-refractivity contribution in [2.75, 3.05) is 12.4 Å². The van der Waals surface area contributed by atoms with Crippen molar-refractivity contribution in [1.29, 1.82) is 0 Å². The number of aliphatic hydroxyl groups excluding tert-OH is 1. The van der Waals surface area contributed by atoms with Crippen molar-refractivity contribution in [2.24, 2.45) is 5.73 Å². The third kappa shape index (κ3) is 4.20. The molecule has 2 heterocycles. The number of benzene rings is 1. The summed E-state index contributed by atoms with van der Waals surface area (Å²) < 4.78 is 79.1. The van der Waals surface area contributed by atoms with Crippen molar-refractivity contribution >= 4 is 17.5 Å². The van der Waals surface area contributed by atoms with E-state index in [1.807, 2.05) is 0 Å². The molecule has 13 heteroatoms. The highest BCUT2D eigenvalue weighted by molar-refractivity contribution is 5.97. The zero-order valence-electron chi connectivity index (χ0n) is 17.1. The lowest BCUT2D eigenvalue weighted by Gasteiger charge is -2.30. The number of amides is 2. The Balaban J connectivity index is 2.07. The van der Waals surface area contributed by atoms with Crippen LogP contribution in [0.3, 0.4) is 0 Å². The predicted molar refractivity (Wildman–Crippen MR) is 102 cm³/mol. The molecular weight excluding hydrogens is 457 g/mol. The third-order valence-electron chi connectivity index (χ3n) is 5.35. The van der Waals surface area contributed by atoms with Crippen molar-refractivity contribution in [3.05, 3.63) is 53.4 Å². The summed E-state index contributed by atoms with van der Waals surface area (Å²) in [5.41, 5.74) is 1.18. The van der Waals surface area contributed by atoms with Gasteiger partial charge in [-0.15, -0.1) is 0 Å². The fourth-order valence-corrected chi connectivity index (χ4v) is 3.57. The molecule has 1 fully saturated rings. The summed E-state index contributed by atoms with van der Waals surface area (Å²) in [6.07, 6.45) is -8.43. The molecule has 4 atom stereocenters. The summed E-state index contributed by atoms with van der Waals surface area (Å²) >= 11 is 0. The number of anilines is 1. The minimum absolute atomic E-state index is 0.0569. The number of hydrogen-bond donors (Lipinski definition) is 3. The van der Waals surface area contributed by atoms with Gasteiger partial charge in [-0.2, -0.15) is 17.6 Å². The number of aromatic nitrogens is 1. The van der Waals surface area contributed by atoms with Crippen LogP contribution in [-0.2, 0) is 9.53 Å². The molecule has 0 spiro atoms. The number of primary amides is 1. The minimum atomic E-state index is -5.14. The molecule has 1 aliphatic heterocycles. The highest BCUT2D eigenvalue weighted by Crippen LogP contribution is 2.51. The Bertz CT molecular complexity index is 1100. The molecule has 3 rings (SSSR count). The second-order valence-corrected chi connectivity index (χ2v) is 7.38. The summed E-state index contributed by atoms with van der Waals surface area (Å²) in [5.74, 6) is -7.54. The van der Waals surface area contributed by atoms with Crippen LogP contribution in [0.5, 0.6) is 5.75 Å². The van der Waals surface area contributed by atoms with E-state index in [1.165, 1.54) is 6.07 Å². The van der Waals surface area contributed by atoms with E-state index >= 15 is 0 Å². The molecule has 0 radical (unpaired) electrons. The summed E-state index contributed by atoms with van der Waals surface area (Å²) in [4.78, 5) is 27.9. The van der Waals surface area contributed by atoms with E-state index < -0.39 is 64.7 Å². The first-order valence-electron chi connectivity index (χ1n) is 9.33. The summed E-state index contributed by atoms with van der Waals surface area (Å²) in [5, 5.41) is 12.9. The van der Waals surface area contributed by atoms with Gasteiger partial charge in [-0.05, 0) is 25.1 Å². The number of nitrogens with two attached hydrogens (primary N) is 1. The van der Waals surface area contributed by atoms with Gasteiger partial charge in [0, 0.05) is 17.4 Å². The van der Waals surface area contributed by atoms with Crippen LogP contribution in [0.1, 0.15) is 28.9 Å². The quantitative estimate of drug-likeness (QED) is 0.570. The lowest BCUT2D eigenvalue weighted by atomic mass is 9.83. The first-order chi connectivity index (χ1) is 15.3. The van der Waals surface area contributed by atoms with Gasteiger partial charge in [0.1, 0.15) is 17.9 Å². The first-order valence-corrected chi connectivity index (χ1v) is 9.33. The van der Waals surface area contributed by atoms with Crippen LogP contribution in [0, 0.1) is 11.6 Å². The Morgan fingerprint density at radius 2 is 1.94 bits per heavy atom. The average molecular weight is 475 g/mol. The Kier molecular flexibility index (Phi) is 6.31. The van der Waals surface area contributed by atoms with Crippen LogP contribution in [0.25, 0.3) is 0 Å². The molecule has 0 bridgehead atoms. The van der Waals surface area contributed by atoms with Gasteiger partial charge < -0.3 is 25.6 Å². The van der Waals surface area contributed by atoms with E-state index in [1.54, 1.807) is 0 Å². The molecule has 0 aliphatic carbocycles. The van der Waals surface area contributed by atoms with E-state index in [-0.39, 0.29) is 11.4 Å². The molecule has 4 N–H and O–H groups in total. The highest BCUT2D eigenvalue weighted by Gasteiger charge is 2.67.